The number of amides is 2. The number of hydrogen-bond donors (Lipinski definition) is 2. The van der Waals surface area contributed by atoms with Gasteiger partial charge in [-0.3, -0.25) is 19.4 Å². The number of hydrogen-bond acceptors (Lipinski definition) is 4. The Morgan fingerprint density at radius 1 is 1.09 bits per heavy atom. The van der Waals surface area contributed by atoms with Gasteiger partial charge in [0, 0.05) is 30.9 Å². The summed E-state index contributed by atoms with van der Waals surface area (Å²) in [6, 6.07) is 9.28. The van der Waals surface area contributed by atoms with Gasteiger partial charge >= 0.3 is 6.18 Å². The summed E-state index contributed by atoms with van der Waals surface area (Å²) >= 11 is 0. The van der Waals surface area contributed by atoms with Crippen LogP contribution < -0.4 is 11.1 Å². The molecule has 0 unspecified atom stereocenters. The molecule has 182 valence electrons. The third-order valence-corrected chi connectivity index (χ3v) is 6.51. The molecule has 3 N–H and O–H groups in total. The van der Waals surface area contributed by atoms with Crippen molar-refractivity contribution in [3.63, 3.8) is 0 Å². The zero-order valence-electron chi connectivity index (χ0n) is 19.1. The Bertz CT molecular complexity index is 1080. The molecule has 2 aromatic carbocycles. The van der Waals surface area contributed by atoms with Crippen molar-refractivity contribution in [3.8, 4) is 0 Å². The number of likely N-dealkylation sites (tertiary alicyclic amines) is 1. The zero-order valence-corrected chi connectivity index (χ0v) is 19.1. The minimum Gasteiger partial charge on any atom is -0.369 e. The molecule has 0 saturated carbocycles. The summed E-state index contributed by atoms with van der Waals surface area (Å²) in [6.45, 7) is 5.16. The highest BCUT2D eigenvalue weighted by Crippen LogP contribution is 2.35. The number of carbonyl (C=O) groups excluding carboxylic acids is 2. The lowest BCUT2D eigenvalue weighted by Crippen LogP contribution is -2.38. The van der Waals surface area contributed by atoms with Crippen LogP contribution in [0.25, 0.3) is 0 Å². The topological polar surface area (TPSA) is 78.7 Å². The Labute approximate surface area is 196 Å². The summed E-state index contributed by atoms with van der Waals surface area (Å²) in [5.74, 6) is -0.737. The molecule has 0 radical (unpaired) electrons. The standard InChI is InChI=1S/C25H29F3N4O2/c1-16-12-32(15-23(29)33)14-19-10-17(5-7-21(16)19)24(34)30-20-6-4-18(13-31-8-2-3-9-31)22(11-20)25(26,27)28/h4-7,10-11,16H,2-3,8-9,12-15H2,1H3,(H2,29,33)(H,30,34)/t16-/m0/s1. The van der Waals surface area contributed by atoms with Gasteiger partial charge in [0.25, 0.3) is 5.91 Å². The van der Waals surface area contributed by atoms with Crippen molar-refractivity contribution in [1.29, 1.82) is 0 Å². The molecule has 0 aliphatic carbocycles. The van der Waals surface area contributed by atoms with E-state index in [2.05, 4.69) is 5.32 Å². The van der Waals surface area contributed by atoms with Crippen LogP contribution in [0, 0.1) is 0 Å². The summed E-state index contributed by atoms with van der Waals surface area (Å²) in [5, 5.41) is 2.61. The van der Waals surface area contributed by atoms with Crippen molar-refractivity contribution in [2.45, 2.75) is 44.9 Å². The lowest BCUT2D eigenvalue weighted by atomic mass is 9.89. The van der Waals surface area contributed by atoms with Crippen LogP contribution in [0.5, 0.6) is 0 Å². The average Bonchev–Trinajstić information content (AvgIpc) is 3.26. The third kappa shape index (κ3) is 5.59. The lowest BCUT2D eigenvalue weighted by molar-refractivity contribution is -0.138. The molecular formula is C25H29F3N4O2. The molecule has 2 aromatic rings. The van der Waals surface area contributed by atoms with Gasteiger partial charge in [0.2, 0.25) is 5.91 Å². The van der Waals surface area contributed by atoms with E-state index >= 15 is 0 Å². The van der Waals surface area contributed by atoms with Gasteiger partial charge in [-0.15, -0.1) is 0 Å². The predicted molar refractivity (Wildman–Crippen MR) is 123 cm³/mol. The Kier molecular flexibility index (Phi) is 6.95. The molecular weight excluding hydrogens is 445 g/mol. The van der Waals surface area contributed by atoms with E-state index in [9.17, 15) is 22.8 Å². The van der Waals surface area contributed by atoms with Gasteiger partial charge in [-0.05, 0) is 72.8 Å². The van der Waals surface area contributed by atoms with E-state index in [1.165, 1.54) is 12.1 Å². The number of benzene rings is 2. The highest BCUT2D eigenvalue weighted by atomic mass is 19.4. The van der Waals surface area contributed by atoms with Crippen LogP contribution in [-0.4, -0.2) is 47.8 Å². The molecule has 1 atom stereocenters. The lowest BCUT2D eigenvalue weighted by Gasteiger charge is -2.32. The van der Waals surface area contributed by atoms with Crippen LogP contribution in [0.3, 0.4) is 0 Å². The zero-order chi connectivity index (χ0) is 24.5. The fourth-order valence-electron chi connectivity index (χ4n) is 4.94. The number of nitrogens with two attached hydrogens (primary N) is 1. The van der Waals surface area contributed by atoms with Crippen LogP contribution in [-0.2, 0) is 24.1 Å². The summed E-state index contributed by atoms with van der Waals surface area (Å²) in [5.41, 5.74) is 7.26. The van der Waals surface area contributed by atoms with E-state index in [1.807, 2.05) is 22.8 Å². The quantitative estimate of drug-likeness (QED) is 0.665. The van der Waals surface area contributed by atoms with Gasteiger partial charge in [0.05, 0.1) is 12.1 Å². The van der Waals surface area contributed by atoms with Crippen LogP contribution in [0.15, 0.2) is 36.4 Å². The molecule has 2 amide bonds. The molecule has 0 aromatic heterocycles. The van der Waals surface area contributed by atoms with Gasteiger partial charge in [0.15, 0.2) is 0 Å². The number of nitrogens with one attached hydrogen (secondary N) is 1. The van der Waals surface area contributed by atoms with E-state index in [0.717, 1.165) is 43.1 Å². The predicted octanol–water partition coefficient (Wildman–Crippen LogP) is 3.96. The van der Waals surface area contributed by atoms with Crippen LogP contribution in [0.2, 0.25) is 0 Å². The maximum absolute atomic E-state index is 13.7. The number of primary amides is 1. The number of rotatable bonds is 6. The van der Waals surface area contributed by atoms with Crippen molar-refractivity contribution in [2.75, 3.05) is 31.5 Å². The second-order valence-corrected chi connectivity index (χ2v) is 9.26. The third-order valence-electron chi connectivity index (χ3n) is 6.51. The number of alkyl halides is 3. The molecule has 6 nitrogen and oxygen atoms in total. The largest absolute Gasteiger partial charge is 0.416 e. The van der Waals surface area contributed by atoms with Gasteiger partial charge in [0.1, 0.15) is 0 Å². The molecule has 9 heteroatoms. The number of halogens is 3. The fourth-order valence-corrected chi connectivity index (χ4v) is 4.94. The molecule has 1 fully saturated rings. The molecule has 2 aliphatic rings. The van der Waals surface area contributed by atoms with E-state index in [0.29, 0.717) is 18.7 Å². The first kappa shape index (κ1) is 24.2. The van der Waals surface area contributed by atoms with Gasteiger partial charge < -0.3 is 11.1 Å². The van der Waals surface area contributed by atoms with Crippen molar-refractivity contribution in [2.24, 2.45) is 5.73 Å². The summed E-state index contributed by atoms with van der Waals surface area (Å²) in [4.78, 5) is 28.1. The molecule has 34 heavy (non-hydrogen) atoms. The van der Waals surface area contributed by atoms with E-state index in [4.69, 9.17) is 5.73 Å². The molecule has 0 spiro atoms. The van der Waals surface area contributed by atoms with Crippen LogP contribution >= 0.6 is 0 Å². The average molecular weight is 475 g/mol. The maximum Gasteiger partial charge on any atom is 0.416 e. The minimum absolute atomic E-state index is 0.101. The minimum atomic E-state index is -4.51. The smallest absolute Gasteiger partial charge is 0.369 e. The summed E-state index contributed by atoms with van der Waals surface area (Å²) in [6.07, 6.45) is -2.52. The van der Waals surface area contributed by atoms with Crippen molar-refractivity contribution < 1.29 is 22.8 Å². The maximum atomic E-state index is 13.7. The van der Waals surface area contributed by atoms with Gasteiger partial charge in [-0.25, -0.2) is 0 Å². The highest BCUT2D eigenvalue weighted by molar-refractivity contribution is 6.04. The van der Waals surface area contributed by atoms with Crippen molar-refractivity contribution in [3.05, 3.63) is 64.2 Å². The highest BCUT2D eigenvalue weighted by Gasteiger charge is 2.34. The SMILES string of the molecule is C[C@H]1CN(CC(N)=O)Cc2cc(C(=O)Nc3ccc(CN4CCCC4)c(C(F)(F)F)c3)ccc21. The summed E-state index contributed by atoms with van der Waals surface area (Å²) < 4.78 is 41.2. The number of nitrogens with zero attached hydrogens (tertiary/aromatic N) is 2. The first-order valence-corrected chi connectivity index (χ1v) is 11.5. The number of anilines is 1. The Balaban J connectivity index is 1.53. The molecule has 2 aliphatic heterocycles. The Morgan fingerprint density at radius 3 is 2.50 bits per heavy atom. The van der Waals surface area contributed by atoms with E-state index in [-0.39, 0.29) is 30.3 Å². The first-order chi connectivity index (χ1) is 16.1. The first-order valence-electron chi connectivity index (χ1n) is 11.5. The number of carbonyl (C=O) groups is 2. The van der Waals surface area contributed by atoms with Gasteiger partial charge in [-0.1, -0.05) is 19.1 Å². The monoisotopic (exact) mass is 474 g/mol. The Hall–Kier alpha value is -2.91. The molecule has 1 saturated heterocycles. The van der Waals surface area contributed by atoms with E-state index < -0.39 is 23.6 Å². The Morgan fingerprint density at radius 2 is 1.82 bits per heavy atom. The van der Waals surface area contributed by atoms with E-state index in [1.54, 1.807) is 12.1 Å². The molecule has 2 heterocycles. The summed E-state index contributed by atoms with van der Waals surface area (Å²) in [7, 11) is 0. The van der Waals surface area contributed by atoms with Gasteiger partial charge in [-0.2, -0.15) is 13.2 Å². The van der Waals surface area contributed by atoms with Crippen molar-refractivity contribution >= 4 is 17.5 Å². The fraction of sp³-hybridized carbons (Fsp3) is 0.440. The van der Waals surface area contributed by atoms with Crippen LogP contribution in [0.4, 0.5) is 18.9 Å². The van der Waals surface area contributed by atoms with Crippen molar-refractivity contribution in [1.82, 2.24) is 9.80 Å². The normalized spacial score (nSPS) is 19.1. The number of fused-ring (bicyclic) bond motifs is 1. The molecule has 4 rings (SSSR count). The second-order valence-electron chi connectivity index (χ2n) is 9.26. The molecule has 0 bridgehead atoms. The second kappa shape index (κ2) is 9.76. The van der Waals surface area contributed by atoms with Crippen LogP contribution in [0.1, 0.15) is 58.3 Å².